The summed E-state index contributed by atoms with van der Waals surface area (Å²) >= 11 is 0. The van der Waals surface area contributed by atoms with Crippen LogP contribution in [0, 0.1) is 11.8 Å². The van der Waals surface area contributed by atoms with Crippen molar-refractivity contribution in [1.82, 2.24) is 9.97 Å². The summed E-state index contributed by atoms with van der Waals surface area (Å²) in [6.45, 7) is 0. The number of aromatic nitrogens is 2. The first-order chi connectivity index (χ1) is 18.7. The van der Waals surface area contributed by atoms with E-state index in [0.717, 1.165) is 17.8 Å². The Morgan fingerprint density at radius 1 is 0.795 bits per heavy atom. The molecule has 0 spiro atoms. The first kappa shape index (κ1) is 25.1. The Hall–Kier alpha value is -5.52. The number of hydrogen-bond donors (Lipinski definition) is 3. The lowest BCUT2D eigenvalue weighted by molar-refractivity contribution is -0.139. The maximum absolute atomic E-state index is 12.3. The molecule has 194 valence electrons. The van der Waals surface area contributed by atoms with E-state index in [1.54, 1.807) is 36.7 Å². The van der Waals surface area contributed by atoms with Crippen LogP contribution in [-0.2, 0) is 9.59 Å². The maximum atomic E-state index is 12.3. The number of hydrogen-bond acceptors (Lipinski definition) is 10. The molecule has 2 aromatic carbocycles. The molecule has 39 heavy (non-hydrogen) atoms. The number of Topliss-reactive ketones (excluding diaryl/α,β-unsaturated/α-hetero) is 2. The normalized spacial score (nSPS) is 17.3. The number of methoxy groups -OCH3 is 1. The van der Waals surface area contributed by atoms with E-state index in [9.17, 15) is 24.3 Å². The number of rotatable bonds is 3. The van der Waals surface area contributed by atoms with Crippen LogP contribution in [0.1, 0.15) is 20.7 Å². The smallest absolute Gasteiger partial charge is 0.319 e. The molecule has 4 heterocycles. The highest BCUT2D eigenvalue weighted by molar-refractivity contribution is 6.26. The molecule has 0 saturated heterocycles. The maximum Gasteiger partial charge on any atom is 0.319 e. The molecule has 0 bridgehead atoms. The van der Waals surface area contributed by atoms with Crippen LogP contribution in [0.4, 0.5) is 11.4 Å². The molecule has 3 N–H and O–H groups in total. The molecule has 12 nitrogen and oxygen atoms in total. The number of fused-ring (bicyclic) bond motifs is 6. The summed E-state index contributed by atoms with van der Waals surface area (Å²) in [5, 5.41) is 29.3. The van der Waals surface area contributed by atoms with Crippen molar-refractivity contribution in [1.29, 1.82) is 0 Å². The van der Waals surface area contributed by atoms with Gasteiger partial charge in [-0.2, -0.15) is 0 Å². The molecule has 0 fully saturated rings. The second-order valence-corrected chi connectivity index (χ2v) is 8.49. The Labute approximate surface area is 219 Å². The minimum Gasteiger partial charge on any atom is -0.507 e. The molecule has 0 radical (unpaired) electrons. The summed E-state index contributed by atoms with van der Waals surface area (Å²) in [5.41, 5.74) is 1.69. The van der Waals surface area contributed by atoms with Gasteiger partial charge in [-0.15, -0.1) is 0 Å². The number of carboxylic acid groups (broad SMARTS) is 2. The molecular weight excluding hydrogens is 508 g/mol. The van der Waals surface area contributed by atoms with Crippen molar-refractivity contribution in [3.8, 4) is 11.5 Å². The summed E-state index contributed by atoms with van der Waals surface area (Å²) in [6, 6.07) is 10.1. The molecule has 2 aliphatic rings. The highest BCUT2D eigenvalue weighted by Crippen LogP contribution is 2.40. The van der Waals surface area contributed by atoms with E-state index < -0.39 is 35.3 Å². The van der Waals surface area contributed by atoms with Crippen molar-refractivity contribution in [2.75, 3.05) is 7.11 Å². The monoisotopic (exact) mass is 526 g/mol. The number of benzene rings is 2. The Morgan fingerprint density at radius 2 is 1.28 bits per heavy atom. The first-order valence-corrected chi connectivity index (χ1v) is 11.4. The van der Waals surface area contributed by atoms with Gasteiger partial charge >= 0.3 is 11.9 Å². The fraction of sp³-hybridized carbons (Fsp3) is 0.111. The first-order valence-electron chi connectivity index (χ1n) is 11.4. The molecule has 2 aromatic heterocycles. The van der Waals surface area contributed by atoms with Gasteiger partial charge < -0.3 is 20.1 Å². The van der Waals surface area contributed by atoms with Crippen molar-refractivity contribution >= 4 is 69.1 Å². The van der Waals surface area contributed by atoms with Crippen LogP contribution in [0.2, 0.25) is 0 Å². The molecule has 12 heteroatoms. The number of carboxylic acids is 2. The van der Waals surface area contributed by atoms with Gasteiger partial charge in [-0.25, -0.2) is 0 Å². The number of aliphatic carboxylic acids is 2. The van der Waals surface area contributed by atoms with Crippen LogP contribution in [0.15, 0.2) is 58.8 Å². The molecule has 2 atom stereocenters. The minimum atomic E-state index is -1.36. The lowest BCUT2D eigenvalue weighted by Crippen LogP contribution is -2.28. The lowest BCUT2D eigenvalue weighted by Gasteiger charge is -2.18. The van der Waals surface area contributed by atoms with Crippen molar-refractivity contribution < 1.29 is 39.2 Å². The van der Waals surface area contributed by atoms with Gasteiger partial charge in [-0.3, -0.25) is 39.1 Å². The molecule has 2 aliphatic heterocycles. The number of carbonyl (C=O) groups is 4. The Morgan fingerprint density at radius 3 is 1.79 bits per heavy atom. The van der Waals surface area contributed by atoms with E-state index in [1.807, 2.05) is 6.07 Å². The third kappa shape index (κ3) is 4.23. The quantitative estimate of drug-likeness (QED) is 0.334. The zero-order chi connectivity index (χ0) is 27.8. The van der Waals surface area contributed by atoms with Crippen molar-refractivity contribution in [2.45, 2.75) is 0 Å². The number of aromatic hydroxyl groups is 1. The van der Waals surface area contributed by atoms with Gasteiger partial charge in [0.15, 0.2) is 23.4 Å². The van der Waals surface area contributed by atoms with Gasteiger partial charge in [-0.1, -0.05) is 12.1 Å². The largest absolute Gasteiger partial charge is 0.507 e. The van der Waals surface area contributed by atoms with Crippen molar-refractivity contribution in [2.24, 2.45) is 21.8 Å². The van der Waals surface area contributed by atoms with E-state index in [2.05, 4.69) is 20.0 Å². The summed E-state index contributed by atoms with van der Waals surface area (Å²) in [7, 11) is 1.43. The zero-order valence-electron chi connectivity index (χ0n) is 20.1. The molecule has 0 amide bonds. The molecule has 4 aromatic rings. The van der Waals surface area contributed by atoms with Gasteiger partial charge in [-0.05, 0) is 24.3 Å². The lowest BCUT2D eigenvalue weighted by atomic mass is 9.92. The third-order valence-corrected chi connectivity index (χ3v) is 6.20. The fourth-order valence-corrected chi connectivity index (χ4v) is 4.36. The molecule has 0 saturated carbocycles. The van der Waals surface area contributed by atoms with Crippen LogP contribution in [0.25, 0.3) is 21.8 Å². The van der Waals surface area contributed by atoms with Gasteiger partial charge in [0, 0.05) is 35.6 Å². The number of nitrogens with zero attached hydrogens (tertiary/aromatic N) is 4. The SMILES string of the molecule is COc1cc2cccnc2c2c1C(=O)C(C(=O)O)C=N2.O=C(O)C1C=Nc2c(c(O)cc3cccnc23)C1=O. The van der Waals surface area contributed by atoms with Gasteiger partial charge in [0.1, 0.15) is 22.9 Å². The van der Waals surface area contributed by atoms with Gasteiger partial charge in [0.25, 0.3) is 0 Å². The Balaban J connectivity index is 0.000000158. The fourth-order valence-electron chi connectivity index (χ4n) is 4.36. The topological polar surface area (TPSA) is 189 Å². The standard InChI is InChI=1S/C14H10N2O4.C13H8N2O4/c1-20-9-5-7-3-2-4-15-11(7)12-10(9)13(17)8(6-16-12)14(18)19;16-8-4-6-2-1-3-14-10(6)11-9(8)12(17)7(5-15-11)13(18)19/h2-6,8H,1H3,(H,18,19);1-5,7,16H,(H,18,19). The summed E-state index contributed by atoms with van der Waals surface area (Å²) in [4.78, 5) is 62.8. The number of ketones is 2. The molecular formula is C27H18N4O8. The van der Waals surface area contributed by atoms with Crippen LogP contribution in [0.3, 0.4) is 0 Å². The van der Waals surface area contributed by atoms with E-state index in [4.69, 9.17) is 14.9 Å². The number of ether oxygens (including phenoxy) is 1. The number of pyridine rings is 2. The molecule has 2 unspecified atom stereocenters. The average molecular weight is 526 g/mol. The number of phenols is 1. The highest BCUT2D eigenvalue weighted by atomic mass is 16.5. The molecule has 0 aliphatic carbocycles. The molecule has 6 rings (SSSR count). The van der Waals surface area contributed by atoms with Crippen molar-refractivity contribution in [3.63, 3.8) is 0 Å². The summed E-state index contributed by atoms with van der Waals surface area (Å²) in [6.07, 6.45) is 5.35. The van der Waals surface area contributed by atoms with E-state index in [1.165, 1.54) is 13.2 Å². The van der Waals surface area contributed by atoms with Gasteiger partial charge in [0.2, 0.25) is 0 Å². The van der Waals surface area contributed by atoms with Crippen molar-refractivity contribution in [3.05, 3.63) is 59.9 Å². The second-order valence-electron chi connectivity index (χ2n) is 8.49. The van der Waals surface area contributed by atoms with Crippen LogP contribution < -0.4 is 4.74 Å². The van der Waals surface area contributed by atoms with Crippen LogP contribution >= 0.6 is 0 Å². The number of carbonyl (C=O) groups excluding carboxylic acids is 2. The summed E-state index contributed by atoms with van der Waals surface area (Å²) < 4.78 is 5.20. The van der Waals surface area contributed by atoms with E-state index >= 15 is 0 Å². The number of phenolic OH excluding ortho intramolecular Hbond substituents is 1. The Bertz CT molecular complexity index is 1780. The summed E-state index contributed by atoms with van der Waals surface area (Å²) in [5.74, 6) is -6.34. The van der Waals surface area contributed by atoms with E-state index in [0.29, 0.717) is 27.9 Å². The second kappa shape index (κ2) is 9.74. The Kier molecular flexibility index (Phi) is 6.28. The average Bonchev–Trinajstić information content (AvgIpc) is 2.92. The van der Waals surface area contributed by atoms with Crippen LogP contribution in [0.5, 0.6) is 11.5 Å². The zero-order valence-corrected chi connectivity index (χ0v) is 20.1. The van der Waals surface area contributed by atoms with Crippen LogP contribution in [-0.4, -0.2) is 68.3 Å². The number of aliphatic imine (C=N–C) groups is 2. The van der Waals surface area contributed by atoms with Gasteiger partial charge in [0.05, 0.1) is 29.3 Å². The third-order valence-electron chi connectivity index (χ3n) is 6.20. The van der Waals surface area contributed by atoms with E-state index in [-0.39, 0.29) is 22.6 Å². The predicted molar refractivity (Wildman–Crippen MR) is 139 cm³/mol. The minimum absolute atomic E-state index is 0.0823. The highest BCUT2D eigenvalue weighted by Gasteiger charge is 2.35. The predicted octanol–water partition coefficient (Wildman–Crippen LogP) is 3.38.